The number of amides is 1. The van der Waals surface area contributed by atoms with Crippen molar-refractivity contribution < 1.29 is 13.9 Å². The van der Waals surface area contributed by atoms with E-state index in [1.165, 1.54) is 6.07 Å². The fourth-order valence-electron chi connectivity index (χ4n) is 4.16. The number of ether oxygens (including phenoxy) is 1. The lowest BCUT2D eigenvalue weighted by Crippen LogP contribution is -2.50. The third-order valence-electron chi connectivity index (χ3n) is 5.91. The SMILES string of the molecule is Cc1ccc([C@@]2(NC(=O)c3ccc4c(cnn4C)c3)CCOc3cccnc32)cc1F. The topological polar surface area (TPSA) is 69.0 Å². The normalized spacial score (nSPS) is 17.8. The highest BCUT2D eigenvalue weighted by Gasteiger charge is 2.42. The predicted octanol–water partition coefficient (Wildman–Crippen LogP) is 3.87. The second-order valence-electron chi connectivity index (χ2n) is 7.81. The molecule has 156 valence electrons. The van der Waals surface area contributed by atoms with E-state index in [0.717, 1.165) is 10.9 Å². The molecule has 5 rings (SSSR count). The fourth-order valence-corrected chi connectivity index (χ4v) is 4.16. The van der Waals surface area contributed by atoms with Crippen LogP contribution in [0.5, 0.6) is 5.75 Å². The quantitative estimate of drug-likeness (QED) is 0.551. The first-order valence-electron chi connectivity index (χ1n) is 10.1. The molecule has 1 amide bonds. The molecule has 0 radical (unpaired) electrons. The van der Waals surface area contributed by atoms with Gasteiger partial charge in [-0.05, 0) is 54.4 Å². The number of carbonyl (C=O) groups is 1. The van der Waals surface area contributed by atoms with Crippen molar-refractivity contribution >= 4 is 16.8 Å². The van der Waals surface area contributed by atoms with Crippen LogP contribution in [0.3, 0.4) is 0 Å². The highest BCUT2D eigenvalue weighted by molar-refractivity contribution is 5.98. The Hall–Kier alpha value is -3.74. The molecule has 6 nitrogen and oxygen atoms in total. The number of fused-ring (bicyclic) bond motifs is 2. The first-order valence-corrected chi connectivity index (χ1v) is 10.1. The maximum absolute atomic E-state index is 14.5. The van der Waals surface area contributed by atoms with E-state index in [0.29, 0.717) is 41.2 Å². The van der Waals surface area contributed by atoms with Gasteiger partial charge in [0.25, 0.3) is 5.91 Å². The molecule has 3 heterocycles. The van der Waals surface area contributed by atoms with E-state index in [1.54, 1.807) is 48.3 Å². The van der Waals surface area contributed by atoms with Crippen molar-refractivity contribution in [2.75, 3.05) is 6.61 Å². The molecule has 1 aliphatic rings. The van der Waals surface area contributed by atoms with Gasteiger partial charge in [-0.15, -0.1) is 0 Å². The number of halogens is 1. The van der Waals surface area contributed by atoms with Crippen LogP contribution in [0, 0.1) is 12.7 Å². The summed E-state index contributed by atoms with van der Waals surface area (Å²) in [6.07, 6.45) is 3.81. The molecule has 0 saturated heterocycles. The molecule has 0 bridgehead atoms. The number of nitrogens with zero attached hydrogens (tertiary/aromatic N) is 3. The number of carbonyl (C=O) groups excluding carboxylic acids is 1. The van der Waals surface area contributed by atoms with Crippen LogP contribution in [0.2, 0.25) is 0 Å². The summed E-state index contributed by atoms with van der Waals surface area (Å²) in [5, 5.41) is 8.27. The predicted molar refractivity (Wildman–Crippen MR) is 114 cm³/mol. The molecule has 0 fully saturated rings. The van der Waals surface area contributed by atoms with Crippen molar-refractivity contribution in [3.63, 3.8) is 0 Å². The summed E-state index contributed by atoms with van der Waals surface area (Å²) in [7, 11) is 1.85. The van der Waals surface area contributed by atoms with E-state index in [9.17, 15) is 9.18 Å². The van der Waals surface area contributed by atoms with Crippen LogP contribution in [-0.2, 0) is 12.6 Å². The lowest BCUT2D eigenvalue weighted by atomic mass is 9.80. The van der Waals surface area contributed by atoms with Crippen molar-refractivity contribution in [2.45, 2.75) is 18.9 Å². The van der Waals surface area contributed by atoms with Gasteiger partial charge < -0.3 is 10.1 Å². The molecule has 2 aromatic carbocycles. The minimum Gasteiger partial charge on any atom is -0.491 e. The number of aromatic nitrogens is 3. The number of benzene rings is 2. The Morgan fingerprint density at radius 3 is 2.94 bits per heavy atom. The Bertz CT molecular complexity index is 1320. The van der Waals surface area contributed by atoms with E-state index in [1.807, 2.05) is 25.2 Å². The van der Waals surface area contributed by atoms with Crippen LogP contribution >= 0.6 is 0 Å². The Kier molecular flexibility index (Phi) is 4.46. The molecule has 1 aliphatic heterocycles. The fraction of sp³-hybridized carbons (Fsp3) is 0.208. The van der Waals surface area contributed by atoms with Crippen LogP contribution in [0.1, 0.15) is 33.6 Å². The Morgan fingerprint density at radius 2 is 2.10 bits per heavy atom. The van der Waals surface area contributed by atoms with Crippen molar-refractivity contribution in [2.24, 2.45) is 7.05 Å². The molecule has 2 aromatic heterocycles. The van der Waals surface area contributed by atoms with Crippen molar-refractivity contribution in [1.82, 2.24) is 20.1 Å². The minimum atomic E-state index is -1.01. The molecular formula is C24H21FN4O2. The van der Waals surface area contributed by atoms with Gasteiger partial charge in [0.15, 0.2) is 0 Å². The number of rotatable bonds is 3. The zero-order valence-electron chi connectivity index (χ0n) is 17.2. The van der Waals surface area contributed by atoms with Gasteiger partial charge in [-0.1, -0.05) is 12.1 Å². The second-order valence-corrected chi connectivity index (χ2v) is 7.81. The molecule has 1 atom stereocenters. The summed E-state index contributed by atoms with van der Waals surface area (Å²) in [4.78, 5) is 17.9. The maximum atomic E-state index is 14.5. The van der Waals surface area contributed by atoms with Gasteiger partial charge in [0, 0.05) is 30.6 Å². The highest BCUT2D eigenvalue weighted by atomic mass is 19.1. The molecule has 0 unspecified atom stereocenters. The zero-order valence-corrected chi connectivity index (χ0v) is 17.2. The van der Waals surface area contributed by atoms with Gasteiger partial charge >= 0.3 is 0 Å². The first kappa shape index (κ1) is 19.2. The smallest absolute Gasteiger partial charge is 0.252 e. The lowest BCUT2D eigenvalue weighted by molar-refractivity contribution is 0.0883. The number of pyridine rings is 1. The van der Waals surface area contributed by atoms with Crippen LogP contribution < -0.4 is 10.1 Å². The Balaban J connectivity index is 1.62. The van der Waals surface area contributed by atoms with Gasteiger partial charge in [-0.3, -0.25) is 14.5 Å². The number of aryl methyl sites for hydroxylation is 2. The van der Waals surface area contributed by atoms with E-state index >= 15 is 0 Å². The highest BCUT2D eigenvalue weighted by Crippen LogP contribution is 2.41. The molecule has 7 heteroatoms. The lowest BCUT2D eigenvalue weighted by Gasteiger charge is -2.39. The summed E-state index contributed by atoms with van der Waals surface area (Å²) in [6, 6.07) is 14.1. The monoisotopic (exact) mass is 416 g/mol. The first-order chi connectivity index (χ1) is 15.0. The standard InChI is InChI=1S/C24H21FN4O2/c1-15-5-7-18(13-19(15)25)24(9-11-31-21-4-3-10-26-22(21)24)28-23(30)16-6-8-20-17(12-16)14-27-29(20)2/h3-8,10,12-14H,9,11H2,1-2H3,(H,28,30)/t24-/m0/s1. The Morgan fingerprint density at radius 1 is 1.23 bits per heavy atom. The van der Waals surface area contributed by atoms with E-state index in [4.69, 9.17) is 4.74 Å². The average Bonchev–Trinajstić information content (AvgIpc) is 3.16. The van der Waals surface area contributed by atoms with Gasteiger partial charge in [0.1, 0.15) is 22.8 Å². The van der Waals surface area contributed by atoms with Crippen molar-refractivity contribution in [3.8, 4) is 5.75 Å². The summed E-state index contributed by atoms with van der Waals surface area (Å²) in [5.74, 6) is -0.0186. The van der Waals surface area contributed by atoms with Crippen LogP contribution in [0.4, 0.5) is 4.39 Å². The van der Waals surface area contributed by atoms with Gasteiger partial charge in [0.05, 0.1) is 18.3 Å². The maximum Gasteiger partial charge on any atom is 0.252 e. The Labute approximate surface area is 178 Å². The zero-order chi connectivity index (χ0) is 21.6. The van der Waals surface area contributed by atoms with Crippen molar-refractivity contribution in [3.05, 3.63) is 89.1 Å². The van der Waals surface area contributed by atoms with E-state index in [2.05, 4.69) is 15.4 Å². The molecular weight excluding hydrogens is 395 g/mol. The largest absolute Gasteiger partial charge is 0.491 e. The third-order valence-corrected chi connectivity index (χ3v) is 5.91. The third kappa shape index (κ3) is 3.13. The summed E-state index contributed by atoms with van der Waals surface area (Å²) < 4.78 is 22.1. The minimum absolute atomic E-state index is 0.273. The molecule has 4 aromatic rings. The van der Waals surface area contributed by atoms with E-state index in [-0.39, 0.29) is 11.7 Å². The van der Waals surface area contributed by atoms with Gasteiger partial charge in [0.2, 0.25) is 0 Å². The van der Waals surface area contributed by atoms with Crippen LogP contribution in [0.25, 0.3) is 10.9 Å². The van der Waals surface area contributed by atoms with Crippen LogP contribution in [-0.4, -0.2) is 27.3 Å². The molecule has 1 N–H and O–H groups in total. The van der Waals surface area contributed by atoms with Crippen molar-refractivity contribution in [1.29, 1.82) is 0 Å². The summed E-state index contributed by atoms with van der Waals surface area (Å²) in [6.45, 7) is 2.08. The number of nitrogens with one attached hydrogen (secondary N) is 1. The average molecular weight is 416 g/mol. The molecule has 0 aliphatic carbocycles. The summed E-state index contributed by atoms with van der Waals surface area (Å²) >= 11 is 0. The molecule has 31 heavy (non-hydrogen) atoms. The molecule has 0 spiro atoms. The second kappa shape index (κ2) is 7.19. The van der Waals surface area contributed by atoms with Gasteiger partial charge in [-0.2, -0.15) is 5.10 Å². The van der Waals surface area contributed by atoms with Gasteiger partial charge in [-0.25, -0.2) is 4.39 Å². The van der Waals surface area contributed by atoms with Crippen LogP contribution in [0.15, 0.2) is 60.9 Å². The van der Waals surface area contributed by atoms with E-state index < -0.39 is 5.54 Å². The summed E-state index contributed by atoms with van der Waals surface area (Å²) in [5.41, 5.74) is 2.17. The number of hydrogen-bond donors (Lipinski definition) is 1. The number of hydrogen-bond acceptors (Lipinski definition) is 4. The molecule has 0 saturated carbocycles.